The third-order valence-electron chi connectivity index (χ3n) is 3.86. The fourth-order valence-electron chi connectivity index (χ4n) is 2.60. The number of hydrogen-bond acceptors (Lipinski definition) is 3. The molecule has 1 atom stereocenters. The lowest BCUT2D eigenvalue weighted by molar-refractivity contribution is -0.128. The van der Waals surface area contributed by atoms with Crippen molar-refractivity contribution in [3.8, 4) is 0 Å². The maximum absolute atomic E-state index is 12.3. The predicted molar refractivity (Wildman–Crippen MR) is 78.8 cm³/mol. The molecule has 0 aromatic heterocycles. The molecule has 0 saturated carbocycles. The van der Waals surface area contributed by atoms with Crippen molar-refractivity contribution in [2.24, 2.45) is 0 Å². The van der Waals surface area contributed by atoms with E-state index in [1.54, 1.807) is 0 Å². The summed E-state index contributed by atoms with van der Waals surface area (Å²) in [5.74, 6) is 0.119. The summed E-state index contributed by atoms with van der Waals surface area (Å²) in [4.78, 5) is 26.1. The number of amides is 1. The maximum Gasteiger partial charge on any atom is 0.237 e. The molecule has 4 heteroatoms. The van der Waals surface area contributed by atoms with Gasteiger partial charge in [0, 0.05) is 18.7 Å². The van der Waals surface area contributed by atoms with Gasteiger partial charge in [0.1, 0.15) is 0 Å². The fourth-order valence-corrected chi connectivity index (χ4v) is 2.60. The second-order valence-electron chi connectivity index (χ2n) is 5.16. The van der Waals surface area contributed by atoms with Crippen molar-refractivity contribution in [2.75, 3.05) is 19.6 Å². The van der Waals surface area contributed by atoms with E-state index in [2.05, 4.69) is 12.2 Å². The van der Waals surface area contributed by atoms with E-state index in [1.807, 2.05) is 36.1 Å². The third-order valence-corrected chi connectivity index (χ3v) is 3.86. The number of piperazine rings is 1. The van der Waals surface area contributed by atoms with Crippen LogP contribution in [0.25, 0.3) is 0 Å². The zero-order valence-electron chi connectivity index (χ0n) is 12.2. The highest BCUT2D eigenvalue weighted by atomic mass is 16.2. The summed E-state index contributed by atoms with van der Waals surface area (Å²) in [7, 11) is 0. The second kappa shape index (κ2) is 6.66. The molecule has 0 aliphatic carbocycles. The van der Waals surface area contributed by atoms with Gasteiger partial charge in [0.2, 0.25) is 5.91 Å². The molecule has 2 rings (SSSR count). The molecule has 1 aromatic rings. The number of hydrogen-bond donors (Lipinski definition) is 1. The van der Waals surface area contributed by atoms with Crippen LogP contribution in [0.1, 0.15) is 36.2 Å². The summed E-state index contributed by atoms with van der Waals surface area (Å²) in [6.45, 7) is 5.75. The Morgan fingerprint density at radius 1 is 1.30 bits per heavy atom. The van der Waals surface area contributed by atoms with Crippen molar-refractivity contribution in [1.82, 2.24) is 10.2 Å². The van der Waals surface area contributed by atoms with Gasteiger partial charge in [-0.25, -0.2) is 0 Å². The molecule has 1 aliphatic rings. The summed E-state index contributed by atoms with van der Waals surface area (Å²) in [5.41, 5.74) is 1.95. The van der Waals surface area contributed by atoms with Crippen LogP contribution in [-0.4, -0.2) is 42.3 Å². The Bertz CT molecular complexity index is 482. The molecule has 20 heavy (non-hydrogen) atoms. The Morgan fingerprint density at radius 2 is 2.00 bits per heavy atom. The molecule has 1 saturated heterocycles. The van der Waals surface area contributed by atoms with E-state index in [0.29, 0.717) is 13.1 Å². The Morgan fingerprint density at radius 3 is 2.60 bits per heavy atom. The van der Waals surface area contributed by atoms with Crippen LogP contribution in [0, 0.1) is 0 Å². The van der Waals surface area contributed by atoms with Crippen molar-refractivity contribution in [1.29, 1.82) is 0 Å². The van der Waals surface area contributed by atoms with Gasteiger partial charge in [-0.1, -0.05) is 38.1 Å². The molecule has 1 amide bonds. The third kappa shape index (κ3) is 3.25. The van der Waals surface area contributed by atoms with Crippen LogP contribution < -0.4 is 5.32 Å². The highest BCUT2D eigenvalue weighted by Gasteiger charge is 2.29. The summed E-state index contributed by atoms with van der Waals surface area (Å²) in [6, 6.07) is 7.57. The van der Waals surface area contributed by atoms with Crippen LogP contribution in [-0.2, 0) is 11.2 Å². The molecule has 1 aliphatic heterocycles. The summed E-state index contributed by atoms with van der Waals surface area (Å²) < 4.78 is 0. The van der Waals surface area contributed by atoms with Crippen LogP contribution >= 0.6 is 0 Å². The minimum absolute atomic E-state index is 0.0351. The minimum Gasteiger partial charge on any atom is -0.353 e. The number of nitrogens with zero attached hydrogens (tertiary/aromatic N) is 1. The molecule has 1 heterocycles. The standard InChI is InChI=1S/C16H22N2O2/c1-3-12-5-7-13(8-6-12)15(19)11-18-10-9-17-16(20)14(18)4-2/h5-8,14H,3-4,9-11H2,1-2H3,(H,17,20). The van der Waals surface area contributed by atoms with E-state index in [4.69, 9.17) is 0 Å². The number of carbonyl (C=O) groups is 2. The van der Waals surface area contributed by atoms with E-state index in [9.17, 15) is 9.59 Å². The Kier molecular flexibility index (Phi) is 4.90. The molecule has 0 bridgehead atoms. The number of carbonyl (C=O) groups excluding carboxylic acids is 2. The van der Waals surface area contributed by atoms with Gasteiger partial charge in [-0.2, -0.15) is 0 Å². The lowest BCUT2D eigenvalue weighted by atomic mass is 10.0. The first-order valence-corrected chi connectivity index (χ1v) is 7.29. The summed E-state index contributed by atoms with van der Waals surface area (Å²) >= 11 is 0. The monoisotopic (exact) mass is 274 g/mol. The second-order valence-corrected chi connectivity index (χ2v) is 5.16. The first-order chi connectivity index (χ1) is 9.65. The van der Waals surface area contributed by atoms with Crippen molar-refractivity contribution in [2.45, 2.75) is 32.7 Å². The molecular weight excluding hydrogens is 252 g/mol. The van der Waals surface area contributed by atoms with E-state index in [-0.39, 0.29) is 17.7 Å². The Balaban J connectivity index is 2.04. The van der Waals surface area contributed by atoms with Crippen LogP contribution in [0.5, 0.6) is 0 Å². The summed E-state index contributed by atoms with van der Waals surface area (Å²) in [5, 5.41) is 2.85. The van der Waals surface area contributed by atoms with Crippen LogP contribution in [0.3, 0.4) is 0 Å². The van der Waals surface area contributed by atoms with E-state index in [1.165, 1.54) is 5.56 Å². The topological polar surface area (TPSA) is 49.4 Å². The van der Waals surface area contributed by atoms with Crippen LogP contribution in [0.2, 0.25) is 0 Å². The molecule has 1 aromatic carbocycles. The molecule has 1 unspecified atom stereocenters. The van der Waals surface area contributed by atoms with Gasteiger partial charge in [0.05, 0.1) is 12.6 Å². The van der Waals surface area contributed by atoms with Crippen molar-refractivity contribution in [3.05, 3.63) is 35.4 Å². The zero-order valence-corrected chi connectivity index (χ0v) is 12.2. The minimum atomic E-state index is -0.178. The predicted octanol–water partition coefficient (Wildman–Crippen LogP) is 1.64. The molecular formula is C16H22N2O2. The van der Waals surface area contributed by atoms with Gasteiger partial charge in [-0.15, -0.1) is 0 Å². The number of benzene rings is 1. The van der Waals surface area contributed by atoms with E-state index < -0.39 is 0 Å². The van der Waals surface area contributed by atoms with Gasteiger partial charge in [-0.3, -0.25) is 14.5 Å². The van der Waals surface area contributed by atoms with E-state index >= 15 is 0 Å². The number of Topliss-reactive ketones (excluding diaryl/α,β-unsaturated/α-hetero) is 1. The molecule has 108 valence electrons. The van der Waals surface area contributed by atoms with E-state index in [0.717, 1.165) is 24.9 Å². The van der Waals surface area contributed by atoms with Gasteiger partial charge in [0.15, 0.2) is 5.78 Å². The quantitative estimate of drug-likeness (QED) is 0.830. The Hall–Kier alpha value is -1.68. The first kappa shape index (κ1) is 14.7. The molecule has 4 nitrogen and oxygen atoms in total. The molecule has 1 fully saturated rings. The lowest BCUT2D eigenvalue weighted by Gasteiger charge is -2.33. The number of ketones is 1. The number of aryl methyl sites for hydroxylation is 1. The number of rotatable bonds is 5. The smallest absolute Gasteiger partial charge is 0.237 e. The highest BCUT2D eigenvalue weighted by Crippen LogP contribution is 2.11. The Labute approximate surface area is 120 Å². The molecule has 0 radical (unpaired) electrons. The van der Waals surface area contributed by atoms with Crippen molar-refractivity contribution >= 4 is 11.7 Å². The molecule has 0 spiro atoms. The average molecular weight is 274 g/mol. The van der Waals surface area contributed by atoms with Gasteiger partial charge >= 0.3 is 0 Å². The SMILES string of the molecule is CCc1ccc(C(=O)CN2CCNC(=O)C2CC)cc1. The van der Waals surface area contributed by atoms with Crippen molar-refractivity contribution < 1.29 is 9.59 Å². The lowest BCUT2D eigenvalue weighted by Crippen LogP contribution is -2.56. The van der Waals surface area contributed by atoms with Gasteiger partial charge in [-0.05, 0) is 18.4 Å². The van der Waals surface area contributed by atoms with Crippen LogP contribution in [0.4, 0.5) is 0 Å². The van der Waals surface area contributed by atoms with Crippen molar-refractivity contribution in [3.63, 3.8) is 0 Å². The normalized spacial score (nSPS) is 19.7. The maximum atomic E-state index is 12.3. The zero-order chi connectivity index (χ0) is 14.5. The van der Waals surface area contributed by atoms with Gasteiger partial charge in [0.25, 0.3) is 0 Å². The van der Waals surface area contributed by atoms with Gasteiger partial charge < -0.3 is 5.32 Å². The largest absolute Gasteiger partial charge is 0.353 e. The molecule has 1 N–H and O–H groups in total. The number of nitrogens with one attached hydrogen (secondary N) is 1. The first-order valence-electron chi connectivity index (χ1n) is 7.29. The van der Waals surface area contributed by atoms with Crippen LogP contribution in [0.15, 0.2) is 24.3 Å². The summed E-state index contributed by atoms with van der Waals surface area (Å²) in [6.07, 6.45) is 1.70. The highest BCUT2D eigenvalue weighted by molar-refractivity contribution is 5.98. The fraction of sp³-hybridized carbons (Fsp3) is 0.500. The average Bonchev–Trinajstić information content (AvgIpc) is 2.47.